The molecular weight excluding hydrogens is 356 g/mol. The summed E-state index contributed by atoms with van der Waals surface area (Å²) in [5, 5.41) is 20.0. The Bertz CT molecular complexity index is 968. The molecule has 0 radical (unpaired) electrons. The highest BCUT2D eigenvalue weighted by molar-refractivity contribution is 8.18. The monoisotopic (exact) mass is 368 g/mol. The number of para-hydroxylation sites is 1. The fourth-order valence-electron chi connectivity index (χ4n) is 2.37. The quantitative estimate of drug-likeness (QED) is 0.495. The van der Waals surface area contributed by atoms with Crippen LogP contribution < -0.4 is 4.90 Å². The van der Waals surface area contributed by atoms with Crippen LogP contribution in [0.3, 0.4) is 0 Å². The molecule has 130 valence electrons. The first-order chi connectivity index (χ1) is 12.5. The average Bonchev–Trinajstić information content (AvgIpc) is 2.89. The van der Waals surface area contributed by atoms with E-state index in [-0.39, 0.29) is 22.0 Å². The van der Waals surface area contributed by atoms with Crippen molar-refractivity contribution in [2.75, 3.05) is 4.90 Å². The Morgan fingerprint density at radius 1 is 1.12 bits per heavy atom. The maximum atomic E-state index is 12.4. The van der Waals surface area contributed by atoms with Crippen molar-refractivity contribution in [2.24, 2.45) is 0 Å². The SMILES string of the molecule is O=C1SC(=CC=Cc2ccccc2[N+](=O)[O-])C(=O)N1c1cccc(O)c1. The van der Waals surface area contributed by atoms with Gasteiger partial charge in [-0.05, 0) is 42.1 Å². The van der Waals surface area contributed by atoms with Crippen LogP contribution in [0.5, 0.6) is 5.75 Å². The number of phenolic OH excluding ortho intramolecular Hbond substituents is 1. The van der Waals surface area contributed by atoms with Crippen molar-refractivity contribution in [2.45, 2.75) is 0 Å². The van der Waals surface area contributed by atoms with Gasteiger partial charge in [0.1, 0.15) is 5.75 Å². The number of hydrogen-bond donors (Lipinski definition) is 1. The van der Waals surface area contributed by atoms with Crippen LogP contribution in [0.25, 0.3) is 6.08 Å². The minimum absolute atomic E-state index is 0.0509. The third-order valence-electron chi connectivity index (χ3n) is 3.54. The molecule has 1 fully saturated rings. The minimum atomic E-state index is -0.516. The third kappa shape index (κ3) is 3.50. The summed E-state index contributed by atoms with van der Waals surface area (Å²) in [6.45, 7) is 0. The van der Waals surface area contributed by atoms with Crippen LogP contribution in [-0.4, -0.2) is 21.2 Å². The molecule has 1 saturated heterocycles. The summed E-state index contributed by atoms with van der Waals surface area (Å²) in [5.74, 6) is -0.570. The Labute approximate surface area is 152 Å². The first kappa shape index (κ1) is 17.4. The summed E-state index contributed by atoms with van der Waals surface area (Å²) in [5.41, 5.74) is 0.615. The molecule has 0 spiro atoms. The zero-order chi connectivity index (χ0) is 18.7. The molecule has 0 saturated carbocycles. The second kappa shape index (κ2) is 7.24. The van der Waals surface area contributed by atoms with Crippen LogP contribution in [0, 0.1) is 10.1 Å². The highest BCUT2D eigenvalue weighted by Gasteiger charge is 2.36. The van der Waals surface area contributed by atoms with Crippen molar-refractivity contribution < 1.29 is 19.6 Å². The number of anilines is 1. The molecule has 1 aliphatic heterocycles. The fraction of sp³-hybridized carbons (Fsp3) is 0. The molecule has 7 nitrogen and oxygen atoms in total. The molecule has 1 N–H and O–H groups in total. The van der Waals surface area contributed by atoms with E-state index in [1.807, 2.05) is 0 Å². The van der Waals surface area contributed by atoms with Crippen LogP contribution in [0.4, 0.5) is 16.2 Å². The van der Waals surface area contributed by atoms with Crippen LogP contribution in [-0.2, 0) is 4.79 Å². The van der Waals surface area contributed by atoms with E-state index in [2.05, 4.69) is 0 Å². The predicted octanol–water partition coefficient (Wildman–Crippen LogP) is 4.10. The summed E-state index contributed by atoms with van der Waals surface area (Å²) < 4.78 is 0. The van der Waals surface area contributed by atoms with Crippen molar-refractivity contribution >= 4 is 40.4 Å². The summed E-state index contributed by atoms with van der Waals surface area (Å²) in [4.78, 5) is 36.2. The molecule has 0 unspecified atom stereocenters. The number of carbonyl (C=O) groups excluding carboxylic acids is 2. The fourth-order valence-corrected chi connectivity index (χ4v) is 3.16. The lowest BCUT2D eigenvalue weighted by Gasteiger charge is -2.12. The van der Waals surface area contributed by atoms with Gasteiger partial charge < -0.3 is 5.11 Å². The van der Waals surface area contributed by atoms with Crippen LogP contribution in [0.2, 0.25) is 0 Å². The molecule has 8 heteroatoms. The molecule has 2 aromatic carbocycles. The lowest BCUT2D eigenvalue weighted by atomic mass is 10.1. The predicted molar refractivity (Wildman–Crippen MR) is 98.8 cm³/mol. The Kier molecular flexibility index (Phi) is 4.85. The van der Waals surface area contributed by atoms with Gasteiger partial charge in [0.05, 0.1) is 21.1 Å². The van der Waals surface area contributed by atoms with E-state index >= 15 is 0 Å². The average molecular weight is 368 g/mol. The van der Waals surface area contributed by atoms with Gasteiger partial charge in [-0.3, -0.25) is 19.7 Å². The third-order valence-corrected chi connectivity index (χ3v) is 4.43. The number of allylic oxidation sites excluding steroid dienone is 2. The Hall–Kier alpha value is -3.39. The molecule has 1 heterocycles. The van der Waals surface area contributed by atoms with Gasteiger partial charge in [-0.2, -0.15) is 0 Å². The van der Waals surface area contributed by atoms with Gasteiger partial charge in [0.2, 0.25) is 0 Å². The van der Waals surface area contributed by atoms with E-state index in [9.17, 15) is 24.8 Å². The van der Waals surface area contributed by atoms with E-state index < -0.39 is 16.1 Å². The molecule has 3 rings (SSSR count). The molecule has 0 aromatic heterocycles. The highest BCUT2D eigenvalue weighted by atomic mass is 32.2. The number of nitro benzene ring substituents is 1. The molecule has 0 bridgehead atoms. The summed E-state index contributed by atoms with van der Waals surface area (Å²) in [6, 6.07) is 12.0. The number of thioether (sulfide) groups is 1. The minimum Gasteiger partial charge on any atom is -0.508 e. The van der Waals surface area contributed by atoms with Crippen LogP contribution in [0.1, 0.15) is 5.56 Å². The number of nitrogens with zero attached hydrogens (tertiary/aromatic N) is 2. The zero-order valence-electron chi connectivity index (χ0n) is 13.2. The Balaban J connectivity index is 1.84. The lowest BCUT2D eigenvalue weighted by molar-refractivity contribution is -0.385. The first-order valence-electron chi connectivity index (χ1n) is 7.44. The molecular formula is C18H12N2O5S. The summed E-state index contributed by atoms with van der Waals surface area (Å²) in [7, 11) is 0. The van der Waals surface area contributed by atoms with Gasteiger partial charge in [0.15, 0.2) is 0 Å². The second-order valence-electron chi connectivity index (χ2n) is 5.23. The Morgan fingerprint density at radius 3 is 2.62 bits per heavy atom. The van der Waals surface area contributed by atoms with Crippen LogP contribution in [0.15, 0.2) is 65.6 Å². The van der Waals surface area contributed by atoms with Crippen molar-refractivity contribution in [1.82, 2.24) is 0 Å². The van der Waals surface area contributed by atoms with E-state index in [1.165, 1.54) is 42.5 Å². The smallest absolute Gasteiger partial charge is 0.298 e. The van der Waals surface area contributed by atoms with Gasteiger partial charge in [0.25, 0.3) is 16.8 Å². The van der Waals surface area contributed by atoms with E-state index in [0.717, 1.165) is 16.7 Å². The first-order valence-corrected chi connectivity index (χ1v) is 8.26. The molecule has 0 atom stereocenters. The maximum absolute atomic E-state index is 12.4. The molecule has 0 aliphatic carbocycles. The highest BCUT2D eigenvalue weighted by Crippen LogP contribution is 2.35. The van der Waals surface area contributed by atoms with Crippen LogP contribution >= 0.6 is 11.8 Å². The van der Waals surface area contributed by atoms with Gasteiger partial charge in [-0.1, -0.05) is 24.3 Å². The van der Waals surface area contributed by atoms with Crippen molar-refractivity contribution in [3.8, 4) is 5.75 Å². The molecule has 26 heavy (non-hydrogen) atoms. The number of benzene rings is 2. The van der Waals surface area contributed by atoms with E-state index in [0.29, 0.717) is 5.56 Å². The topological polar surface area (TPSA) is 101 Å². The number of amides is 2. The standard InChI is InChI=1S/C18H12N2O5S/c21-14-8-4-7-13(11-14)19-17(22)16(26-18(19)23)10-3-6-12-5-1-2-9-15(12)20(24)25/h1-11,21H. The van der Waals surface area contributed by atoms with Crippen molar-refractivity contribution in [3.05, 3.63) is 81.3 Å². The number of imide groups is 1. The summed E-state index contributed by atoms with van der Waals surface area (Å²) >= 11 is 0.760. The largest absolute Gasteiger partial charge is 0.508 e. The van der Waals surface area contributed by atoms with Gasteiger partial charge in [-0.25, -0.2) is 4.90 Å². The number of phenols is 1. The van der Waals surface area contributed by atoms with Gasteiger partial charge in [-0.15, -0.1) is 0 Å². The molecule has 2 amide bonds. The second-order valence-corrected chi connectivity index (χ2v) is 6.23. The molecule has 2 aromatic rings. The Morgan fingerprint density at radius 2 is 1.88 bits per heavy atom. The van der Waals surface area contributed by atoms with Gasteiger partial charge in [0, 0.05) is 12.1 Å². The maximum Gasteiger partial charge on any atom is 0.298 e. The number of rotatable bonds is 4. The zero-order valence-corrected chi connectivity index (χ0v) is 14.1. The van der Waals surface area contributed by atoms with Crippen molar-refractivity contribution in [3.63, 3.8) is 0 Å². The summed E-state index contributed by atoms with van der Waals surface area (Å²) in [6.07, 6.45) is 4.42. The number of hydrogen-bond acceptors (Lipinski definition) is 6. The molecule has 1 aliphatic rings. The van der Waals surface area contributed by atoms with Crippen molar-refractivity contribution in [1.29, 1.82) is 0 Å². The number of nitro groups is 1. The normalized spacial score (nSPS) is 16.0. The van der Waals surface area contributed by atoms with Gasteiger partial charge >= 0.3 is 0 Å². The van der Waals surface area contributed by atoms with E-state index in [4.69, 9.17) is 0 Å². The number of carbonyl (C=O) groups is 2. The van der Waals surface area contributed by atoms with E-state index in [1.54, 1.807) is 24.3 Å². The lowest BCUT2D eigenvalue weighted by Crippen LogP contribution is -2.27. The number of aromatic hydroxyl groups is 1.